The SMILES string of the molecule is Cc1cnc(=O)[nH]c1N.Nc1[nH]c(=O)ncc1CO. The van der Waals surface area contributed by atoms with Crippen LogP contribution in [0.1, 0.15) is 11.1 Å². The van der Waals surface area contributed by atoms with E-state index in [1.54, 1.807) is 6.92 Å². The van der Waals surface area contributed by atoms with Crippen LogP contribution in [0.15, 0.2) is 22.0 Å². The van der Waals surface area contributed by atoms with E-state index in [0.717, 1.165) is 5.56 Å². The molecular formula is C10H14N6O3. The maximum absolute atomic E-state index is 10.4. The van der Waals surface area contributed by atoms with Crippen LogP contribution in [0.2, 0.25) is 0 Å². The Morgan fingerprint density at radius 2 is 1.63 bits per heavy atom. The van der Waals surface area contributed by atoms with Crippen LogP contribution >= 0.6 is 0 Å². The van der Waals surface area contributed by atoms with Crippen molar-refractivity contribution in [1.82, 2.24) is 19.9 Å². The molecule has 0 bridgehead atoms. The molecule has 7 N–H and O–H groups in total. The van der Waals surface area contributed by atoms with E-state index in [1.165, 1.54) is 12.4 Å². The molecule has 0 unspecified atom stereocenters. The molecule has 0 saturated heterocycles. The van der Waals surface area contributed by atoms with Crippen LogP contribution in [0.5, 0.6) is 0 Å². The van der Waals surface area contributed by atoms with E-state index >= 15 is 0 Å². The maximum atomic E-state index is 10.4. The number of nitrogens with two attached hydrogens (primary N) is 2. The molecule has 102 valence electrons. The van der Waals surface area contributed by atoms with Gasteiger partial charge < -0.3 is 16.6 Å². The van der Waals surface area contributed by atoms with Gasteiger partial charge in [-0.15, -0.1) is 0 Å². The quantitative estimate of drug-likeness (QED) is 0.419. The Hall–Kier alpha value is -2.68. The van der Waals surface area contributed by atoms with Crippen LogP contribution in [-0.2, 0) is 6.61 Å². The lowest BCUT2D eigenvalue weighted by molar-refractivity contribution is 0.281. The number of aliphatic hydroxyl groups excluding tert-OH is 1. The molecule has 0 radical (unpaired) electrons. The average molecular weight is 266 g/mol. The number of aliphatic hydroxyl groups is 1. The molecule has 2 rings (SSSR count). The lowest BCUT2D eigenvalue weighted by Gasteiger charge is -1.97. The fraction of sp³-hybridized carbons (Fsp3) is 0.200. The third-order valence-electron chi connectivity index (χ3n) is 2.14. The lowest BCUT2D eigenvalue weighted by atomic mass is 10.3. The molecule has 2 aromatic heterocycles. The van der Waals surface area contributed by atoms with Gasteiger partial charge in [-0.25, -0.2) is 19.6 Å². The first kappa shape index (κ1) is 14.4. The summed E-state index contributed by atoms with van der Waals surface area (Å²) in [6, 6.07) is 0. The molecule has 0 amide bonds. The predicted octanol–water partition coefficient (Wildman–Crippen LogP) is -1.50. The number of anilines is 2. The van der Waals surface area contributed by atoms with Crippen molar-refractivity contribution in [2.24, 2.45) is 0 Å². The van der Waals surface area contributed by atoms with Gasteiger partial charge in [0.25, 0.3) is 0 Å². The Balaban J connectivity index is 0.000000191. The Bertz CT molecular complexity index is 663. The van der Waals surface area contributed by atoms with Gasteiger partial charge >= 0.3 is 11.4 Å². The van der Waals surface area contributed by atoms with Gasteiger partial charge in [0.2, 0.25) is 0 Å². The van der Waals surface area contributed by atoms with Crippen LogP contribution in [0.3, 0.4) is 0 Å². The van der Waals surface area contributed by atoms with Crippen molar-refractivity contribution in [3.05, 3.63) is 44.5 Å². The molecule has 0 aliphatic carbocycles. The zero-order valence-electron chi connectivity index (χ0n) is 10.2. The predicted molar refractivity (Wildman–Crippen MR) is 69.2 cm³/mol. The van der Waals surface area contributed by atoms with Crippen molar-refractivity contribution in [2.75, 3.05) is 11.5 Å². The van der Waals surface area contributed by atoms with E-state index in [1.807, 2.05) is 0 Å². The number of nitrogens with one attached hydrogen (secondary N) is 2. The van der Waals surface area contributed by atoms with Gasteiger partial charge in [-0.3, -0.25) is 9.97 Å². The monoisotopic (exact) mass is 266 g/mol. The summed E-state index contributed by atoms with van der Waals surface area (Å²) in [5.41, 5.74) is 10.9. The van der Waals surface area contributed by atoms with E-state index in [2.05, 4.69) is 19.9 Å². The highest BCUT2D eigenvalue weighted by molar-refractivity contribution is 5.35. The van der Waals surface area contributed by atoms with Crippen molar-refractivity contribution in [3.63, 3.8) is 0 Å². The van der Waals surface area contributed by atoms with Crippen LogP contribution in [0.25, 0.3) is 0 Å². The Morgan fingerprint density at radius 1 is 1.11 bits per heavy atom. The molecule has 0 spiro atoms. The Kier molecular flexibility index (Phi) is 4.77. The number of hydrogen-bond acceptors (Lipinski definition) is 7. The van der Waals surface area contributed by atoms with Crippen LogP contribution < -0.4 is 22.8 Å². The largest absolute Gasteiger partial charge is 0.391 e. The van der Waals surface area contributed by atoms with Crippen molar-refractivity contribution in [2.45, 2.75) is 13.5 Å². The summed E-state index contributed by atoms with van der Waals surface area (Å²) in [6.45, 7) is 1.56. The van der Waals surface area contributed by atoms with Crippen LogP contribution in [0.4, 0.5) is 11.6 Å². The number of hydrogen-bond donors (Lipinski definition) is 5. The minimum atomic E-state index is -0.505. The molecule has 0 atom stereocenters. The summed E-state index contributed by atoms with van der Waals surface area (Å²) >= 11 is 0. The molecular weight excluding hydrogens is 252 g/mol. The van der Waals surface area contributed by atoms with Gasteiger partial charge in [-0.05, 0) is 6.92 Å². The van der Waals surface area contributed by atoms with E-state index in [-0.39, 0.29) is 12.4 Å². The molecule has 9 nitrogen and oxygen atoms in total. The van der Waals surface area contributed by atoms with Crippen LogP contribution in [-0.4, -0.2) is 25.0 Å². The number of nitrogens with zero attached hydrogens (tertiary/aromatic N) is 2. The number of aromatic amines is 2. The summed E-state index contributed by atoms with van der Waals surface area (Å²) in [4.78, 5) is 32.2. The molecule has 2 aromatic rings. The number of aromatic nitrogens is 4. The molecule has 0 saturated carbocycles. The number of nitrogen functional groups attached to an aromatic ring is 2. The summed E-state index contributed by atoms with van der Waals surface area (Å²) in [5, 5.41) is 8.57. The van der Waals surface area contributed by atoms with Gasteiger partial charge in [0.15, 0.2) is 0 Å². The zero-order chi connectivity index (χ0) is 14.4. The van der Waals surface area contributed by atoms with Crippen molar-refractivity contribution in [3.8, 4) is 0 Å². The highest BCUT2D eigenvalue weighted by Gasteiger charge is 1.96. The minimum absolute atomic E-state index is 0.169. The molecule has 0 aliphatic rings. The molecule has 0 aliphatic heterocycles. The summed E-state index contributed by atoms with van der Waals surface area (Å²) in [7, 11) is 0. The lowest BCUT2D eigenvalue weighted by Crippen LogP contribution is -2.13. The van der Waals surface area contributed by atoms with E-state index < -0.39 is 11.4 Å². The second kappa shape index (κ2) is 6.31. The van der Waals surface area contributed by atoms with E-state index in [4.69, 9.17) is 16.6 Å². The zero-order valence-corrected chi connectivity index (χ0v) is 10.2. The first-order chi connectivity index (χ1) is 8.93. The van der Waals surface area contributed by atoms with Crippen LogP contribution in [0, 0.1) is 6.92 Å². The topological polar surface area (TPSA) is 164 Å². The Morgan fingerprint density at radius 3 is 2.05 bits per heavy atom. The average Bonchev–Trinajstić information content (AvgIpc) is 2.35. The number of rotatable bonds is 1. The van der Waals surface area contributed by atoms with Crippen molar-refractivity contribution in [1.29, 1.82) is 0 Å². The Labute approximate surface area is 107 Å². The molecule has 0 aromatic carbocycles. The molecule has 9 heteroatoms. The third-order valence-corrected chi connectivity index (χ3v) is 2.14. The third kappa shape index (κ3) is 4.24. The van der Waals surface area contributed by atoms with Crippen molar-refractivity contribution >= 4 is 11.6 Å². The smallest absolute Gasteiger partial charge is 0.346 e. The summed E-state index contributed by atoms with van der Waals surface area (Å²) in [6.07, 6.45) is 2.68. The maximum Gasteiger partial charge on any atom is 0.346 e. The number of H-pyrrole nitrogens is 2. The highest BCUT2D eigenvalue weighted by atomic mass is 16.3. The normalized spacial score (nSPS) is 9.58. The highest BCUT2D eigenvalue weighted by Crippen LogP contribution is 2.00. The van der Waals surface area contributed by atoms with Gasteiger partial charge in [-0.2, -0.15) is 0 Å². The van der Waals surface area contributed by atoms with E-state index in [0.29, 0.717) is 11.4 Å². The van der Waals surface area contributed by atoms with Gasteiger partial charge in [-0.1, -0.05) is 0 Å². The standard InChI is InChI=1S/C5H7N3O2.C5H7N3O/c6-4-3(2-9)1-7-5(10)8-4;1-3-2-7-5(9)8-4(3)6/h1,9H,2H2,(H3,6,7,8,10);2H,1H3,(H3,6,7,8,9). The fourth-order valence-corrected chi connectivity index (χ4v) is 1.03. The van der Waals surface area contributed by atoms with E-state index in [9.17, 15) is 9.59 Å². The first-order valence-electron chi connectivity index (χ1n) is 5.20. The molecule has 2 heterocycles. The minimum Gasteiger partial charge on any atom is -0.391 e. The second-order valence-electron chi connectivity index (χ2n) is 3.57. The molecule has 0 fully saturated rings. The van der Waals surface area contributed by atoms with Gasteiger partial charge in [0, 0.05) is 23.5 Å². The fourth-order valence-electron chi connectivity index (χ4n) is 1.03. The summed E-state index contributed by atoms with van der Waals surface area (Å²) in [5.74, 6) is 0.553. The van der Waals surface area contributed by atoms with Crippen molar-refractivity contribution < 1.29 is 5.11 Å². The van der Waals surface area contributed by atoms with Gasteiger partial charge in [0.1, 0.15) is 11.6 Å². The number of aryl methyl sites for hydroxylation is 1. The second-order valence-corrected chi connectivity index (χ2v) is 3.57. The summed E-state index contributed by atoms with van der Waals surface area (Å²) < 4.78 is 0. The van der Waals surface area contributed by atoms with Gasteiger partial charge in [0.05, 0.1) is 6.61 Å². The first-order valence-corrected chi connectivity index (χ1v) is 5.20. The molecule has 19 heavy (non-hydrogen) atoms.